The van der Waals surface area contributed by atoms with Crippen molar-refractivity contribution in [2.24, 2.45) is 5.73 Å². The smallest absolute Gasteiger partial charge is 0.273 e. The van der Waals surface area contributed by atoms with Crippen LogP contribution >= 0.6 is 0 Å². The van der Waals surface area contributed by atoms with Crippen LogP contribution in [0.25, 0.3) is 0 Å². The van der Waals surface area contributed by atoms with E-state index in [0.29, 0.717) is 0 Å². The minimum atomic E-state index is -3.78. The van der Waals surface area contributed by atoms with Gasteiger partial charge >= 0.3 is 0 Å². The molecule has 0 radical (unpaired) electrons. The number of nitrogens with two attached hydrogens (primary N) is 1. The highest BCUT2D eigenvalue weighted by Gasteiger charge is 2.22. The van der Waals surface area contributed by atoms with Crippen LogP contribution in [0.2, 0.25) is 0 Å². The average Bonchev–Trinajstić information content (AvgIpc) is 2.26. The normalized spacial score (nSPS) is 13.3. The lowest BCUT2D eigenvalue weighted by atomic mass is 10.2. The Morgan fingerprint density at radius 2 is 2.11 bits per heavy atom. The van der Waals surface area contributed by atoms with Gasteiger partial charge in [-0.25, -0.2) is 13.1 Å². The van der Waals surface area contributed by atoms with Crippen molar-refractivity contribution < 1.29 is 13.3 Å². The largest absolute Gasteiger partial charge is 0.327 e. The fraction of sp³-hybridized carbons (Fsp3) is 0.400. The van der Waals surface area contributed by atoms with Crippen LogP contribution in [0, 0.1) is 17.0 Å². The lowest BCUT2D eigenvalue weighted by Crippen LogP contribution is -2.35. The van der Waals surface area contributed by atoms with Crippen molar-refractivity contribution in [3.8, 4) is 0 Å². The van der Waals surface area contributed by atoms with Crippen molar-refractivity contribution in [2.75, 3.05) is 6.54 Å². The van der Waals surface area contributed by atoms with Gasteiger partial charge in [0.25, 0.3) is 5.69 Å². The molecule has 0 aliphatic rings. The van der Waals surface area contributed by atoms with E-state index >= 15 is 0 Å². The number of sulfonamides is 1. The molecule has 0 aromatic heterocycles. The second kappa shape index (κ2) is 5.42. The molecule has 0 spiro atoms. The Balaban J connectivity index is 3.17. The molecule has 0 bridgehead atoms. The molecule has 3 N–H and O–H groups in total. The summed E-state index contributed by atoms with van der Waals surface area (Å²) in [6.45, 7) is 3.13. The predicted molar refractivity (Wildman–Crippen MR) is 66.7 cm³/mol. The average molecular weight is 273 g/mol. The summed E-state index contributed by atoms with van der Waals surface area (Å²) in [5.41, 5.74) is 5.35. The first-order valence-corrected chi connectivity index (χ1v) is 6.73. The predicted octanol–water partition coefficient (Wildman–Crippen LogP) is 0.529. The number of nitro groups is 1. The number of hydrogen-bond acceptors (Lipinski definition) is 5. The van der Waals surface area contributed by atoms with Gasteiger partial charge in [0, 0.05) is 24.2 Å². The topological polar surface area (TPSA) is 115 Å². The van der Waals surface area contributed by atoms with Crippen molar-refractivity contribution in [3.05, 3.63) is 33.9 Å². The third kappa shape index (κ3) is 3.25. The summed E-state index contributed by atoms with van der Waals surface area (Å²) in [4.78, 5) is 10.0. The summed E-state index contributed by atoms with van der Waals surface area (Å²) in [5, 5.41) is 10.7. The molecule has 1 aromatic carbocycles. The van der Waals surface area contributed by atoms with Gasteiger partial charge in [0.15, 0.2) is 0 Å². The van der Waals surface area contributed by atoms with Crippen LogP contribution in [0.4, 0.5) is 5.69 Å². The van der Waals surface area contributed by atoms with Crippen LogP contribution in [0.1, 0.15) is 12.5 Å². The number of nitro benzene ring substituents is 1. The van der Waals surface area contributed by atoms with E-state index in [4.69, 9.17) is 5.73 Å². The molecule has 0 saturated heterocycles. The van der Waals surface area contributed by atoms with Crippen LogP contribution < -0.4 is 10.5 Å². The monoisotopic (exact) mass is 273 g/mol. The number of rotatable bonds is 5. The first-order chi connectivity index (χ1) is 8.25. The van der Waals surface area contributed by atoms with Gasteiger partial charge in [-0.15, -0.1) is 0 Å². The van der Waals surface area contributed by atoms with Crippen molar-refractivity contribution in [1.82, 2.24) is 4.72 Å². The van der Waals surface area contributed by atoms with Gasteiger partial charge in [-0.05, 0) is 19.9 Å². The summed E-state index contributed by atoms with van der Waals surface area (Å²) < 4.78 is 26.2. The highest BCUT2D eigenvalue weighted by Crippen LogP contribution is 2.24. The molecule has 18 heavy (non-hydrogen) atoms. The number of benzene rings is 1. The van der Waals surface area contributed by atoms with E-state index in [-0.39, 0.29) is 28.7 Å². The fourth-order valence-electron chi connectivity index (χ4n) is 1.41. The van der Waals surface area contributed by atoms with E-state index in [1.54, 1.807) is 6.92 Å². The SMILES string of the molecule is Cc1c([N+](=O)[O-])cccc1S(=O)(=O)NCC(C)N. The van der Waals surface area contributed by atoms with Crippen molar-refractivity contribution in [3.63, 3.8) is 0 Å². The van der Waals surface area contributed by atoms with E-state index in [0.717, 1.165) is 0 Å². The third-order valence-electron chi connectivity index (χ3n) is 2.34. The molecule has 1 aromatic rings. The maximum absolute atomic E-state index is 11.9. The van der Waals surface area contributed by atoms with Gasteiger partial charge in [0.05, 0.1) is 9.82 Å². The summed E-state index contributed by atoms with van der Waals surface area (Å²) in [7, 11) is -3.78. The van der Waals surface area contributed by atoms with Crippen LogP contribution in [-0.4, -0.2) is 25.9 Å². The van der Waals surface area contributed by atoms with Crippen molar-refractivity contribution >= 4 is 15.7 Å². The van der Waals surface area contributed by atoms with E-state index in [1.807, 2.05) is 0 Å². The van der Waals surface area contributed by atoms with Crippen molar-refractivity contribution in [2.45, 2.75) is 24.8 Å². The second-order valence-corrected chi connectivity index (χ2v) is 5.72. The van der Waals surface area contributed by atoms with Gasteiger partial charge in [-0.2, -0.15) is 0 Å². The summed E-state index contributed by atoms with van der Waals surface area (Å²) in [6, 6.07) is 3.59. The zero-order valence-electron chi connectivity index (χ0n) is 10.1. The Labute approximate surface area is 105 Å². The minimum Gasteiger partial charge on any atom is -0.327 e. The van der Waals surface area contributed by atoms with E-state index < -0.39 is 14.9 Å². The molecular formula is C10H15N3O4S. The molecule has 1 atom stereocenters. The quantitative estimate of drug-likeness (QED) is 0.599. The maximum Gasteiger partial charge on any atom is 0.273 e. The molecule has 0 saturated carbocycles. The number of nitrogens with zero attached hydrogens (tertiary/aromatic N) is 1. The Morgan fingerprint density at radius 1 is 1.50 bits per heavy atom. The third-order valence-corrected chi connectivity index (χ3v) is 3.91. The summed E-state index contributed by atoms with van der Waals surface area (Å²) in [6.07, 6.45) is 0. The Bertz CT molecular complexity index is 554. The maximum atomic E-state index is 11.9. The molecule has 100 valence electrons. The zero-order valence-corrected chi connectivity index (χ0v) is 10.9. The standard InChI is InChI=1S/C10H15N3O4S/c1-7(11)6-12-18(16,17)10-5-3-4-9(8(10)2)13(14)15/h3-5,7,12H,6,11H2,1-2H3. The molecule has 0 fully saturated rings. The second-order valence-electron chi connectivity index (χ2n) is 3.99. The summed E-state index contributed by atoms with van der Waals surface area (Å²) in [5.74, 6) is 0. The molecule has 0 aliphatic carbocycles. The van der Waals surface area contributed by atoms with Gasteiger partial charge in [0.2, 0.25) is 10.0 Å². The van der Waals surface area contributed by atoms with Crippen LogP contribution in [0.5, 0.6) is 0 Å². The highest BCUT2D eigenvalue weighted by molar-refractivity contribution is 7.89. The molecule has 0 amide bonds. The van der Waals surface area contributed by atoms with Crippen LogP contribution in [-0.2, 0) is 10.0 Å². The van der Waals surface area contributed by atoms with Gasteiger partial charge in [-0.3, -0.25) is 10.1 Å². The Kier molecular flexibility index (Phi) is 4.38. The van der Waals surface area contributed by atoms with E-state index in [1.165, 1.54) is 25.1 Å². The van der Waals surface area contributed by atoms with E-state index in [9.17, 15) is 18.5 Å². The molecule has 0 heterocycles. The zero-order chi connectivity index (χ0) is 13.9. The number of hydrogen-bond donors (Lipinski definition) is 2. The van der Waals surface area contributed by atoms with E-state index in [2.05, 4.69) is 4.72 Å². The first-order valence-electron chi connectivity index (χ1n) is 5.25. The number of nitrogens with one attached hydrogen (secondary N) is 1. The van der Waals surface area contributed by atoms with Crippen LogP contribution in [0.15, 0.2) is 23.1 Å². The fourth-order valence-corrected chi connectivity index (χ4v) is 2.81. The lowest BCUT2D eigenvalue weighted by Gasteiger charge is -2.10. The molecule has 0 aliphatic heterocycles. The lowest BCUT2D eigenvalue weighted by molar-refractivity contribution is -0.385. The molecule has 1 rings (SSSR count). The molecule has 1 unspecified atom stereocenters. The Hall–Kier alpha value is -1.51. The Morgan fingerprint density at radius 3 is 2.61 bits per heavy atom. The van der Waals surface area contributed by atoms with Gasteiger partial charge in [0.1, 0.15) is 0 Å². The minimum absolute atomic E-state index is 0.0739. The molecule has 7 nitrogen and oxygen atoms in total. The summed E-state index contributed by atoms with van der Waals surface area (Å²) >= 11 is 0. The highest BCUT2D eigenvalue weighted by atomic mass is 32.2. The molecule has 8 heteroatoms. The van der Waals surface area contributed by atoms with Crippen molar-refractivity contribution in [1.29, 1.82) is 0 Å². The van der Waals surface area contributed by atoms with Gasteiger partial charge in [-0.1, -0.05) is 6.07 Å². The first kappa shape index (κ1) is 14.6. The van der Waals surface area contributed by atoms with Crippen LogP contribution in [0.3, 0.4) is 0 Å². The molecular weight excluding hydrogens is 258 g/mol. The van der Waals surface area contributed by atoms with Gasteiger partial charge < -0.3 is 5.73 Å².